The van der Waals surface area contributed by atoms with Crippen LogP contribution in [0.3, 0.4) is 0 Å². The predicted molar refractivity (Wildman–Crippen MR) is 145 cm³/mol. The smallest absolute Gasteiger partial charge is 0.266 e. The Morgan fingerprint density at radius 1 is 1.14 bits per heavy atom. The Balaban J connectivity index is 1.87. The molecule has 1 atom stereocenters. The van der Waals surface area contributed by atoms with Crippen LogP contribution in [0, 0.1) is 12.8 Å². The van der Waals surface area contributed by atoms with Gasteiger partial charge in [-0.1, -0.05) is 57.2 Å². The van der Waals surface area contributed by atoms with Crippen molar-refractivity contribution in [2.45, 2.75) is 78.2 Å². The predicted octanol–water partition coefficient (Wildman–Crippen LogP) is 6.36. The maximum absolute atomic E-state index is 13.9. The van der Waals surface area contributed by atoms with Gasteiger partial charge in [-0.25, -0.2) is 4.98 Å². The van der Waals surface area contributed by atoms with Crippen molar-refractivity contribution in [1.82, 2.24) is 14.5 Å². The highest BCUT2D eigenvalue weighted by Gasteiger charge is 2.32. The standard InChI is InChI=1S/C30H39N3O3/c1-5-6-7-12-19-32(29(34)23-13-8-9-14-23)22(3)28-31-25-16-11-10-15-24(25)30(35)33(28)26-20-21(2)17-18-27(26)36-4/h10-11,15-18,20,22-23H,5-9,12-14,19H2,1-4H3. The third kappa shape index (κ3) is 5.32. The maximum atomic E-state index is 13.9. The van der Waals surface area contributed by atoms with Gasteiger partial charge in [-0.05, 0) is 62.9 Å². The minimum atomic E-state index is -0.359. The largest absolute Gasteiger partial charge is 0.495 e. The fourth-order valence-corrected chi connectivity index (χ4v) is 5.39. The van der Waals surface area contributed by atoms with Crippen molar-refractivity contribution >= 4 is 16.8 Å². The van der Waals surface area contributed by atoms with Gasteiger partial charge >= 0.3 is 0 Å². The van der Waals surface area contributed by atoms with Crippen molar-refractivity contribution in [3.63, 3.8) is 0 Å². The molecule has 1 fully saturated rings. The van der Waals surface area contributed by atoms with Crippen LogP contribution in [-0.4, -0.2) is 34.0 Å². The second kappa shape index (κ2) is 11.7. The number of fused-ring (bicyclic) bond motifs is 1. The average molecular weight is 490 g/mol. The summed E-state index contributed by atoms with van der Waals surface area (Å²) < 4.78 is 7.34. The van der Waals surface area contributed by atoms with Crippen molar-refractivity contribution in [3.8, 4) is 11.4 Å². The molecule has 0 saturated heterocycles. The fourth-order valence-electron chi connectivity index (χ4n) is 5.39. The van der Waals surface area contributed by atoms with E-state index in [0.29, 0.717) is 34.7 Å². The highest BCUT2D eigenvalue weighted by atomic mass is 16.5. The number of hydrogen-bond acceptors (Lipinski definition) is 4. The zero-order chi connectivity index (χ0) is 25.7. The highest BCUT2D eigenvalue weighted by Crippen LogP contribution is 2.32. The first kappa shape index (κ1) is 25.9. The van der Waals surface area contributed by atoms with Gasteiger partial charge in [0.2, 0.25) is 5.91 Å². The molecule has 3 aromatic rings. The topological polar surface area (TPSA) is 64.4 Å². The third-order valence-corrected chi connectivity index (χ3v) is 7.46. The summed E-state index contributed by atoms with van der Waals surface area (Å²) in [5.74, 6) is 1.43. The molecule has 4 rings (SSSR count). The van der Waals surface area contributed by atoms with Crippen LogP contribution in [-0.2, 0) is 4.79 Å². The zero-order valence-corrected chi connectivity index (χ0v) is 22.1. The van der Waals surface area contributed by atoms with E-state index in [4.69, 9.17) is 9.72 Å². The van der Waals surface area contributed by atoms with E-state index in [1.807, 2.05) is 61.2 Å². The number of carbonyl (C=O) groups excluding carboxylic acids is 1. The van der Waals surface area contributed by atoms with Crippen molar-refractivity contribution in [3.05, 3.63) is 64.2 Å². The van der Waals surface area contributed by atoms with E-state index < -0.39 is 0 Å². The van der Waals surface area contributed by atoms with Crippen molar-refractivity contribution < 1.29 is 9.53 Å². The minimum Gasteiger partial charge on any atom is -0.495 e. The number of hydrogen-bond donors (Lipinski definition) is 0. The number of aryl methyl sites for hydroxylation is 1. The molecule has 2 aromatic carbocycles. The van der Waals surface area contributed by atoms with E-state index in [1.54, 1.807) is 11.7 Å². The van der Waals surface area contributed by atoms with Gasteiger partial charge in [0.25, 0.3) is 5.56 Å². The second-order valence-corrected chi connectivity index (χ2v) is 10.1. The number of para-hydroxylation sites is 1. The van der Waals surface area contributed by atoms with Crippen molar-refractivity contribution in [1.29, 1.82) is 0 Å². The Hall–Kier alpha value is -3.15. The van der Waals surface area contributed by atoms with Gasteiger partial charge in [-0.3, -0.25) is 14.2 Å². The van der Waals surface area contributed by atoms with Crippen LogP contribution in [0.5, 0.6) is 5.75 Å². The third-order valence-electron chi connectivity index (χ3n) is 7.46. The Bertz CT molecular complexity index is 1260. The lowest BCUT2D eigenvalue weighted by Crippen LogP contribution is -2.40. The molecule has 1 aromatic heterocycles. The van der Waals surface area contributed by atoms with E-state index >= 15 is 0 Å². The first-order valence-corrected chi connectivity index (χ1v) is 13.4. The van der Waals surface area contributed by atoms with Gasteiger partial charge in [0.15, 0.2) is 0 Å². The molecule has 192 valence electrons. The lowest BCUT2D eigenvalue weighted by atomic mass is 10.0. The van der Waals surface area contributed by atoms with Crippen LogP contribution in [0.25, 0.3) is 16.6 Å². The molecule has 0 aliphatic heterocycles. The molecular weight excluding hydrogens is 450 g/mol. The quantitative estimate of drug-likeness (QED) is 0.311. The molecule has 6 heteroatoms. The summed E-state index contributed by atoms with van der Waals surface area (Å²) in [4.78, 5) is 34.7. The number of amides is 1. The summed E-state index contributed by atoms with van der Waals surface area (Å²) in [7, 11) is 1.61. The second-order valence-electron chi connectivity index (χ2n) is 10.1. The van der Waals surface area contributed by atoms with E-state index in [2.05, 4.69) is 6.92 Å². The van der Waals surface area contributed by atoms with Gasteiger partial charge < -0.3 is 9.64 Å². The summed E-state index contributed by atoms with van der Waals surface area (Å²) in [6, 6.07) is 12.9. The number of ether oxygens (including phenoxy) is 1. The minimum absolute atomic E-state index is 0.0627. The van der Waals surface area contributed by atoms with Crippen LogP contribution >= 0.6 is 0 Å². The SMILES string of the molecule is CCCCCCN(C(=O)C1CCCC1)C(C)c1nc2ccccc2c(=O)n1-c1cc(C)ccc1OC. The van der Waals surface area contributed by atoms with E-state index in [-0.39, 0.29) is 23.4 Å². The Kier molecular flexibility index (Phi) is 8.44. The van der Waals surface area contributed by atoms with Crippen molar-refractivity contribution in [2.24, 2.45) is 5.92 Å². The Morgan fingerprint density at radius 2 is 1.89 bits per heavy atom. The Labute approximate surface area is 214 Å². The first-order chi connectivity index (χ1) is 17.5. The van der Waals surface area contributed by atoms with Gasteiger partial charge in [0.1, 0.15) is 11.6 Å². The van der Waals surface area contributed by atoms with Crippen LogP contribution in [0.15, 0.2) is 47.3 Å². The number of aromatic nitrogens is 2. The average Bonchev–Trinajstić information content (AvgIpc) is 3.43. The number of carbonyl (C=O) groups is 1. The highest BCUT2D eigenvalue weighted by molar-refractivity contribution is 5.80. The molecule has 0 spiro atoms. The lowest BCUT2D eigenvalue weighted by molar-refractivity contribution is -0.137. The molecule has 1 unspecified atom stereocenters. The van der Waals surface area contributed by atoms with Gasteiger partial charge in [-0.15, -0.1) is 0 Å². The molecule has 6 nitrogen and oxygen atoms in total. The maximum Gasteiger partial charge on any atom is 0.266 e. The number of benzene rings is 2. The number of unbranched alkanes of at least 4 members (excludes halogenated alkanes) is 3. The monoisotopic (exact) mass is 489 g/mol. The van der Waals surface area contributed by atoms with Crippen molar-refractivity contribution in [2.75, 3.05) is 13.7 Å². The van der Waals surface area contributed by atoms with E-state index in [1.165, 1.54) is 0 Å². The molecule has 0 bridgehead atoms. The molecule has 1 amide bonds. The van der Waals surface area contributed by atoms with Crippen LogP contribution in [0.4, 0.5) is 0 Å². The molecule has 0 radical (unpaired) electrons. The van der Waals surface area contributed by atoms with Crippen LogP contribution in [0.2, 0.25) is 0 Å². The summed E-state index contributed by atoms with van der Waals surface area (Å²) in [6.45, 7) is 6.87. The number of methoxy groups -OCH3 is 1. The summed E-state index contributed by atoms with van der Waals surface area (Å²) >= 11 is 0. The molecule has 1 aliphatic rings. The van der Waals surface area contributed by atoms with Gasteiger partial charge in [-0.2, -0.15) is 0 Å². The Morgan fingerprint density at radius 3 is 2.61 bits per heavy atom. The van der Waals surface area contributed by atoms with Crippen LogP contribution in [0.1, 0.15) is 82.6 Å². The normalized spacial score (nSPS) is 14.8. The fraction of sp³-hybridized carbons (Fsp3) is 0.500. The molecule has 0 N–H and O–H groups in total. The molecule has 1 heterocycles. The lowest BCUT2D eigenvalue weighted by Gasteiger charge is -2.33. The molecule has 36 heavy (non-hydrogen) atoms. The molecular formula is C30H39N3O3. The first-order valence-electron chi connectivity index (χ1n) is 13.4. The summed E-state index contributed by atoms with van der Waals surface area (Å²) in [5.41, 5.74) is 2.17. The van der Waals surface area contributed by atoms with Crippen LogP contribution < -0.4 is 10.3 Å². The van der Waals surface area contributed by atoms with Gasteiger partial charge in [0, 0.05) is 12.5 Å². The molecule has 1 aliphatic carbocycles. The van der Waals surface area contributed by atoms with Gasteiger partial charge in [0.05, 0.1) is 29.7 Å². The summed E-state index contributed by atoms with van der Waals surface area (Å²) in [6.07, 6.45) is 8.43. The number of rotatable bonds is 10. The van der Waals surface area contributed by atoms with E-state index in [9.17, 15) is 9.59 Å². The molecule has 1 saturated carbocycles. The zero-order valence-electron chi connectivity index (χ0n) is 22.1. The number of nitrogens with zero attached hydrogens (tertiary/aromatic N) is 3. The summed E-state index contributed by atoms with van der Waals surface area (Å²) in [5, 5.41) is 0.550. The van der Waals surface area contributed by atoms with E-state index in [0.717, 1.165) is 56.9 Å².